The van der Waals surface area contributed by atoms with Gasteiger partial charge in [-0.15, -0.1) is 0 Å². The number of benzene rings is 5. The van der Waals surface area contributed by atoms with Crippen LogP contribution in [-0.2, 0) is 20.4 Å². The van der Waals surface area contributed by atoms with E-state index < -0.39 is 26.4 Å². The van der Waals surface area contributed by atoms with Gasteiger partial charge in [-0.2, -0.15) is 0 Å². The summed E-state index contributed by atoms with van der Waals surface area (Å²) in [4.78, 5) is 29.2. The van der Waals surface area contributed by atoms with Crippen LogP contribution in [0.25, 0.3) is 11.1 Å². The summed E-state index contributed by atoms with van der Waals surface area (Å²) in [6.45, 7) is 7.40. The molecule has 262 valence electrons. The van der Waals surface area contributed by atoms with Gasteiger partial charge in [-0.1, -0.05) is 154 Å². The molecule has 1 aliphatic heterocycles. The zero-order valence-corrected chi connectivity index (χ0v) is 31.0. The fourth-order valence-electron chi connectivity index (χ4n) is 7.42. The minimum atomic E-state index is -2.77. The summed E-state index contributed by atoms with van der Waals surface area (Å²) >= 11 is 0. The quantitative estimate of drug-likeness (QED) is 0.0914. The number of cyclic esters (lactones) is 1. The topological polar surface area (TPSA) is 65.1 Å². The molecule has 0 N–H and O–H groups in total. The minimum Gasteiger partial charge on any atom is -0.496 e. The average molecular weight is 698 g/mol. The van der Waals surface area contributed by atoms with E-state index >= 15 is 0 Å². The van der Waals surface area contributed by atoms with Crippen LogP contribution in [0.15, 0.2) is 140 Å². The van der Waals surface area contributed by atoms with Crippen molar-refractivity contribution in [2.45, 2.75) is 57.0 Å². The van der Waals surface area contributed by atoms with Crippen molar-refractivity contribution in [3.63, 3.8) is 0 Å². The zero-order chi connectivity index (χ0) is 35.8. The molecule has 6 nitrogen and oxygen atoms in total. The fraction of sp³-hybridized carbons (Fsp3) is 0.273. The summed E-state index contributed by atoms with van der Waals surface area (Å²) in [5, 5.41) is 2.25. The first-order valence-corrected chi connectivity index (χ1v) is 19.7. The van der Waals surface area contributed by atoms with E-state index in [1.807, 2.05) is 91.0 Å². The highest BCUT2D eigenvalue weighted by molar-refractivity contribution is 6.99. The largest absolute Gasteiger partial charge is 0.496 e. The Balaban J connectivity index is 1.32. The van der Waals surface area contributed by atoms with Crippen molar-refractivity contribution >= 4 is 30.7 Å². The predicted octanol–water partition coefficient (Wildman–Crippen LogP) is 8.39. The number of imide groups is 1. The Morgan fingerprint density at radius 3 is 1.96 bits per heavy atom. The molecule has 1 saturated heterocycles. The number of carbonyl (C=O) groups is 2. The molecule has 7 heteroatoms. The van der Waals surface area contributed by atoms with Crippen LogP contribution in [0.3, 0.4) is 0 Å². The summed E-state index contributed by atoms with van der Waals surface area (Å²) in [5.41, 5.74) is 3.79. The van der Waals surface area contributed by atoms with Crippen LogP contribution in [-0.4, -0.2) is 51.6 Å². The Morgan fingerprint density at radius 2 is 1.39 bits per heavy atom. The summed E-state index contributed by atoms with van der Waals surface area (Å²) in [7, 11) is -1.12. The Labute approximate surface area is 303 Å². The number of amides is 2. The second kappa shape index (κ2) is 15.9. The summed E-state index contributed by atoms with van der Waals surface area (Å²) in [5.74, 6) is -0.210. The predicted molar refractivity (Wildman–Crippen MR) is 206 cm³/mol. The van der Waals surface area contributed by atoms with Crippen LogP contribution in [0.1, 0.15) is 50.7 Å². The molecule has 0 aliphatic carbocycles. The number of hydrogen-bond acceptors (Lipinski definition) is 5. The lowest BCUT2D eigenvalue weighted by Crippen LogP contribution is -2.66. The summed E-state index contributed by atoms with van der Waals surface area (Å²) in [6.07, 6.45) is 1.02. The highest BCUT2D eigenvalue weighted by Gasteiger charge is 2.50. The lowest BCUT2D eigenvalue weighted by atomic mass is 9.90. The normalized spacial score (nSPS) is 15.3. The van der Waals surface area contributed by atoms with E-state index in [4.69, 9.17) is 13.9 Å². The first-order chi connectivity index (χ1) is 24.7. The van der Waals surface area contributed by atoms with Gasteiger partial charge in [0.05, 0.1) is 19.1 Å². The minimum absolute atomic E-state index is 0.166. The maximum Gasteiger partial charge on any atom is 0.417 e. The smallest absolute Gasteiger partial charge is 0.417 e. The van der Waals surface area contributed by atoms with E-state index in [0.717, 1.165) is 22.3 Å². The molecule has 0 saturated carbocycles. The van der Waals surface area contributed by atoms with E-state index in [2.05, 4.69) is 69.3 Å². The van der Waals surface area contributed by atoms with Crippen LogP contribution in [0.5, 0.6) is 5.75 Å². The Bertz CT molecular complexity index is 1860. The summed E-state index contributed by atoms with van der Waals surface area (Å²) < 4.78 is 18.6. The monoisotopic (exact) mass is 697 g/mol. The average Bonchev–Trinajstić information content (AvgIpc) is 3.52. The van der Waals surface area contributed by atoms with Gasteiger partial charge in [0, 0.05) is 12.2 Å². The van der Waals surface area contributed by atoms with Crippen molar-refractivity contribution in [3.8, 4) is 16.9 Å². The number of ether oxygens (including phenoxy) is 2. The number of carbonyl (C=O) groups excluding carboxylic acids is 2. The molecule has 0 aromatic heterocycles. The van der Waals surface area contributed by atoms with Gasteiger partial charge in [0.25, 0.3) is 8.32 Å². The Kier molecular flexibility index (Phi) is 11.2. The Hall–Kier alpha value is -4.98. The van der Waals surface area contributed by atoms with Gasteiger partial charge in [-0.3, -0.25) is 4.79 Å². The van der Waals surface area contributed by atoms with Crippen LogP contribution in [0, 0.1) is 0 Å². The molecule has 0 radical (unpaired) electrons. The molecule has 1 aliphatic rings. The molecular weight excluding hydrogens is 651 g/mol. The second-order valence-electron chi connectivity index (χ2n) is 14.2. The maximum absolute atomic E-state index is 14.7. The van der Waals surface area contributed by atoms with Crippen molar-refractivity contribution in [1.82, 2.24) is 4.90 Å². The second-order valence-corrected chi connectivity index (χ2v) is 18.5. The molecular formula is C44H47NO5Si. The van der Waals surface area contributed by atoms with Crippen molar-refractivity contribution in [3.05, 3.63) is 151 Å². The van der Waals surface area contributed by atoms with E-state index in [-0.39, 0.29) is 17.6 Å². The number of hydrogen-bond donors (Lipinski definition) is 0. The SMILES string of the molecule is COc1cc(C(CCCO[Si](c2ccccc2)(c2ccccc2)C(C)(C)C)C(=O)N2C(=O)OCC2Cc2ccccc2)ccc1-c1ccccc1. The molecule has 0 bridgehead atoms. The molecule has 5 aromatic carbocycles. The number of methoxy groups -OCH3 is 1. The molecule has 51 heavy (non-hydrogen) atoms. The van der Waals surface area contributed by atoms with Crippen LogP contribution in [0.2, 0.25) is 5.04 Å². The van der Waals surface area contributed by atoms with Gasteiger partial charge in [-0.25, -0.2) is 9.69 Å². The molecule has 5 aromatic rings. The van der Waals surface area contributed by atoms with Crippen LogP contribution in [0.4, 0.5) is 4.79 Å². The van der Waals surface area contributed by atoms with Crippen molar-refractivity contribution < 1.29 is 23.5 Å². The van der Waals surface area contributed by atoms with Gasteiger partial charge in [0.15, 0.2) is 0 Å². The van der Waals surface area contributed by atoms with Gasteiger partial charge in [-0.05, 0) is 57.4 Å². The number of rotatable bonds is 13. The third kappa shape index (κ3) is 7.70. The number of nitrogens with zero attached hydrogens (tertiary/aromatic N) is 1. The van der Waals surface area contributed by atoms with Crippen molar-refractivity contribution in [2.75, 3.05) is 20.3 Å². The lowest BCUT2D eigenvalue weighted by Gasteiger charge is -2.43. The molecule has 2 atom stereocenters. The van der Waals surface area contributed by atoms with E-state index in [0.29, 0.717) is 31.6 Å². The fourth-order valence-corrected chi connectivity index (χ4v) is 12.0. The van der Waals surface area contributed by atoms with Crippen molar-refractivity contribution in [2.24, 2.45) is 0 Å². The van der Waals surface area contributed by atoms with E-state index in [1.165, 1.54) is 15.3 Å². The third-order valence-corrected chi connectivity index (χ3v) is 14.9. The molecule has 1 fully saturated rings. The molecule has 1 heterocycles. The van der Waals surface area contributed by atoms with Gasteiger partial charge < -0.3 is 13.9 Å². The lowest BCUT2D eigenvalue weighted by molar-refractivity contribution is -0.131. The van der Waals surface area contributed by atoms with Crippen LogP contribution >= 0.6 is 0 Å². The maximum atomic E-state index is 14.7. The molecule has 0 spiro atoms. The van der Waals surface area contributed by atoms with Crippen LogP contribution < -0.4 is 15.1 Å². The van der Waals surface area contributed by atoms with Crippen molar-refractivity contribution in [1.29, 1.82) is 0 Å². The molecule has 2 unspecified atom stereocenters. The standard InChI is InChI=1S/C44H47NO5Si/c1-44(2,3)51(37-22-13-7-14-23-37,38-24-15-8-16-25-38)50-29-17-26-40(35-27-28-39(41(31-35)48-4)34-20-11-6-12-21-34)42(46)45-36(32-49-43(45)47)30-33-18-9-5-10-19-33/h5-16,18-25,27-28,31,36,40H,17,26,29-30,32H2,1-4H3. The van der Waals surface area contributed by atoms with Gasteiger partial charge in [0.2, 0.25) is 5.91 Å². The van der Waals surface area contributed by atoms with Gasteiger partial charge >= 0.3 is 6.09 Å². The molecule has 6 rings (SSSR count). The highest BCUT2D eigenvalue weighted by atomic mass is 28.4. The zero-order valence-electron chi connectivity index (χ0n) is 30.0. The first-order valence-electron chi connectivity index (χ1n) is 17.7. The Morgan fingerprint density at radius 1 is 0.824 bits per heavy atom. The van der Waals surface area contributed by atoms with E-state index in [1.54, 1.807) is 7.11 Å². The first kappa shape index (κ1) is 35.8. The molecule has 2 amide bonds. The summed E-state index contributed by atoms with van der Waals surface area (Å²) in [6, 6.07) is 46.6. The highest BCUT2D eigenvalue weighted by Crippen LogP contribution is 2.38. The third-order valence-electron chi connectivity index (χ3n) is 9.90. The van der Waals surface area contributed by atoms with Gasteiger partial charge in [0.1, 0.15) is 12.4 Å². The van der Waals surface area contributed by atoms with E-state index in [9.17, 15) is 9.59 Å².